The molecule has 0 aliphatic carbocycles. The lowest BCUT2D eigenvalue weighted by atomic mass is 10.0. The molecule has 1 heterocycles. The molecule has 55 heavy (non-hydrogen) atoms. The second kappa shape index (κ2) is 23.3. The van der Waals surface area contributed by atoms with Gasteiger partial charge in [0.1, 0.15) is 30.0 Å². The quantitative estimate of drug-likeness (QED) is 0.0607. The number of aliphatic imine (C=N–C) groups is 1. The van der Waals surface area contributed by atoms with E-state index in [0.717, 1.165) is 12.1 Å². The maximum absolute atomic E-state index is 13.5. The molecule has 1 saturated heterocycles. The molecule has 21 nitrogen and oxygen atoms in total. The van der Waals surface area contributed by atoms with E-state index in [1.807, 2.05) is 0 Å². The Bertz CT molecular complexity index is 1590. The number of carbonyl (C=O) groups excluding carboxylic acids is 9. The largest absolute Gasteiger partial charge is 0.370 e. The number of nitrogens with zero attached hydrogens (tertiary/aromatic N) is 1. The van der Waals surface area contributed by atoms with Crippen LogP contribution >= 0.6 is 0 Å². The van der Waals surface area contributed by atoms with Gasteiger partial charge in [-0.1, -0.05) is 12.1 Å². The van der Waals surface area contributed by atoms with Gasteiger partial charge in [-0.25, -0.2) is 4.39 Å². The molecule has 0 saturated carbocycles. The summed E-state index contributed by atoms with van der Waals surface area (Å²) in [6.07, 6.45) is 0.243. The van der Waals surface area contributed by atoms with Gasteiger partial charge in [-0.15, -0.1) is 0 Å². The number of halogens is 1. The van der Waals surface area contributed by atoms with Crippen LogP contribution in [0, 0.1) is 5.82 Å². The van der Waals surface area contributed by atoms with Gasteiger partial charge in [0.15, 0.2) is 5.96 Å². The number of amides is 9. The van der Waals surface area contributed by atoms with Gasteiger partial charge in [0.2, 0.25) is 53.2 Å². The number of benzene rings is 1. The molecule has 22 heteroatoms. The Balaban J connectivity index is 2.32. The van der Waals surface area contributed by atoms with Crippen molar-refractivity contribution < 1.29 is 47.5 Å². The highest BCUT2D eigenvalue weighted by Gasteiger charge is 2.29. The number of hydrogen-bond donors (Lipinski definition) is 11. The lowest BCUT2D eigenvalue weighted by molar-refractivity contribution is -0.134. The van der Waals surface area contributed by atoms with Crippen LogP contribution in [0.2, 0.25) is 0 Å². The van der Waals surface area contributed by atoms with Crippen LogP contribution in [0.4, 0.5) is 4.39 Å². The maximum atomic E-state index is 13.5. The molecule has 1 aromatic rings. The van der Waals surface area contributed by atoms with Crippen LogP contribution in [0.15, 0.2) is 29.3 Å². The van der Waals surface area contributed by atoms with E-state index in [0.29, 0.717) is 18.4 Å². The van der Waals surface area contributed by atoms with E-state index in [1.165, 1.54) is 19.1 Å². The third-order valence-electron chi connectivity index (χ3n) is 7.88. The SMILES string of the molecule is CC(=O)NC(CCCN=C(N)N)C(=O)NC1CC(=O)NCCCCC(C(N)=O)NC(=O)CNC(=O)CNC(=O)C(Cc2ccc(F)cc2)NC(=O)CNC1=O. The lowest BCUT2D eigenvalue weighted by Gasteiger charge is -2.23. The number of hydrogen-bond acceptors (Lipinski definition) is 10. The van der Waals surface area contributed by atoms with Crippen LogP contribution in [0.5, 0.6) is 0 Å². The fraction of sp³-hybridized carbons (Fsp3) is 0.515. The predicted octanol–water partition coefficient (Wildman–Crippen LogP) is -5.10. The fourth-order valence-electron chi connectivity index (χ4n) is 5.12. The summed E-state index contributed by atoms with van der Waals surface area (Å²) in [5.41, 5.74) is 16.5. The zero-order chi connectivity index (χ0) is 40.9. The second-order valence-corrected chi connectivity index (χ2v) is 12.5. The molecule has 4 atom stereocenters. The smallest absolute Gasteiger partial charge is 0.243 e. The molecule has 1 fully saturated rings. The van der Waals surface area contributed by atoms with Gasteiger partial charge in [0.25, 0.3) is 0 Å². The molecule has 9 amide bonds. The first-order valence-electron chi connectivity index (χ1n) is 17.4. The highest BCUT2D eigenvalue weighted by atomic mass is 19.1. The van der Waals surface area contributed by atoms with E-state index in [4.69, 9.17) is 17.2 Å². The van der Waals surface area contributed by atoms with Crippen LogP contribution < -0.4 is 59.7 Å². The van der Waals surface area contributed by atoms with Crippen molar-refractivity contribution in [2.24, 2.45) is 22.2 Å². The minimum atomic E-state index is -1.55. The third-order valence-corrected chi connectivity index (χ3v) is 7.88. The van der Waals surface area contributed by atoms with E-state index >= 15 is 0 Å². The number of nitrogens with one attached hydrogen (secondary N) is 8. The van der Waals surface area contributed by atoms with E-state index in [-0.39, 0.29) is 44.7 Å². The van der Waals surface area contributed by atoms with Gasteiger partial charge in [0, 0.05) is 26.4 Å². The number of primary amides is 1. The van der Waals surface area contributed by atoms with Crippen LogP contribution in [0.3, 0.4) is 0 Å². The van der Waals surface area contributed by atoms with Crippen molar-refractivity contribution in [2.45, 2.75) is 76.0 Å². The van der Waals surface area contributed by atoms with Gasteiger partial charge >= 0.3 is 0 Å². The standard InChI is InChI=1S/C33H49FN12O9/c1-18(47)43-22(6-4-12-39-33(36)37)32(55)46-24-14-25(48)38-11-3-2-5-21(29(35)52)44-27(50)16-40-26(49)15-41-30(53)23(45-28(51)17-42-31(24)54)13-19-7-9-20(34)10-8-19/h7-10,21-24H,2-6,11-17H2,1H3,(H2,35,52)(H,38,48)(H,40,49)(H,41,53)(H,42,54)(H,43,47)(H,44,50)(H,45,51)(H,46,55)(H4,36,37,39). The van der Waals surface area contributed by atoms with Gasteiger partial charge in [-0.05, 0) is 49.8 Å². The first-order chi connectivity index (χ1) is 26.0. The summed E-state index contributed by atoms with van der Waals surface area (Å²) < 4.78 is 13.5. The molecule has 1 aliphatic rings. The first kappa shape index (κ1) is 44.8. The van der Waals surface area contributed by atoms with Crippen LogP contribution in [0.1, 0.15) is 51.0 Å². The molecule has 302 valence electrons. The van der Waals surface area contributed by atoms with E-state index in [2.05, 4.69) is 47.5 Å². The minimum Gasteiger partial charge on any atom is -0.370 e. The van der Waals surface area contributed by atoms with E-state index in [1.54, 1.807) is 0 Å². The summed E-state index contributed by atoms with van der Waals surface area (Å²) >= 11 is 0. The zero-order valence-corrected chi connectivity index (χ0v) is 30.3. The Morgan fingerprint density at radius 3 is 2.13 bits per heavy atom. The summed E-state index contributed by atoms with van der Waals surface area (Å²) in [7, 11) is 0. The zero-order valence-electron chi connectivity index (χ0n) is 30.3. The molecule has 0 aromatic heterocycles. The highest BCUT2D eigenvalue weighted by molar-refractivity contribution is 5.97. The molecule has 2 rings (SSSR count). The normalized spacial score (nSPS) is 20.4. The monoisotopic (exact) mass is 776 g/mol. The van der Waals surface area contributed by atoms with Gasteiger partial charge in [0.05, 0.1) is 26.1 Å². The minimum absolute atomic E-state index is 0.0526. The van der Waals surface area contributed by atoms with Crippen LogP contribution in [-0.2, 0) is 49.6 Å². The summed E-state index contributed by atoms with van der Waals surface area (Å²) in [4.78, 5) is 118. The fourth-order valence-corrected chi connectivity index (χ4v) is 5.12. The maximum Gasteiger partial charge on any atom is 0.243 e. The third kappa shape index (κ3) is 18.3. The van der Waals surface area contributed by atoms with Crippen molar-refractivity contribution in [2.75, 3.05) is 32.7 Å². The van der Waals surface area contributed by atoms with Crippen molar-refractivity contribution in [3.05, 3.63) is 35.6 Å². The molecule has 14 N–H and O–H groups in total. The Hall–Kier alpha value is -6.35. The van der Waals surface area contributed by atoms with E-state index < -0.39 is 109 Å². The molecular weight excluding hydrogens is 727 g/mol. The van der Waals surface area contributed by atoms with Crippen LogP contribution in [-0.4, -0.2) is 116 Å². The molecule has 4 unspecified atom stereocenters. The van der Waals surface area contributed by atoms with Crippen molar-refractivity contribution in [1.29, 1.82) is 0 Å². The molecule has 1 aliphatic heterocycles. The predicted molar refractivity (Wildman–Crippen MR) is 193 cm³/mol. The summed E-state index contributed by atoms with van der Waals surface area (Å²) in [6.45, 7) is -0.524. The summed E-state index contributed by atoms with van der Waals surface area (Å²) in [5.74, 6) is -7.84. The Morgan fingerprint density at radius 2 is 1.47 bits per heavy atom. The molecule has 0 spiro atoms. The van der Waals surface area contributed by atoms with Crippen molar-refractivity contribution in [3.8, 4) is 0 Å². The number of rotatable bonds is 10. The van der Waals surface area contributed by atoms with Gasteiger partial charge in [-0.2, -0.15) is 0 Å². The molecule has 0 bridgehead atoms. The van der Waals surface area contributed by atoms with Crippen molar-refractivity contribution in [1.82, 2.24) is 42.5 Å². The first-order valence-corrected chi connectivity index (χ1v) is 17.4. The Kier molecular flexibility index (Phi) is 19.0. The number of nitrogens with two attached hydrogens (primary N) is 3. The summed E-state index contributed by atoms with van der Waals surface area (Å²) in [6, 6.07) is -0.131. The molecular formula is C33H49FN12O9. The number of carbonyl (C=O) groups is 9. The van der Waals surface area contributed by atoms with Crippen molar-refractivity contribution >= 4 is 59.1 Å². The van der Waals surface area contributed by atoms with Crippen LogP contribution in [0.25, 0.3) is 0 Å². The average Bonchev–Trinajstić information content (AvgIpc) is 3.12. The second-order valence-electron chi connectivity index (χ2n) is 12.5. The summed E-state index contributed by atoms with van der Waals surface area (Å²) in [5, 5.41) is 19.3. The van der Waals surface area contributed by atoms with Crippen molar-refractivity contribution in [3.63, 3.8) is 0 Å². The molecule has 1 aromatic carbocycles. The average molecular weight is 777 g/mol. The van der Waals surface area contributed by atoms with E-state index in [9.17, 15) is 47.5 Å². The topological polar surface area (TPSA) is 340 Å². The van der Waals surface area contributed by atoms with Gasteiger partial charge in [-0.3, -0.25) is 48.1 Å². The molecule has 0 radical (unpaired) electrons. The number of guanidine groups is 1. The van der Waals surface area contributed by atoms with Gasteiger partial charge < -0.3 is 59.7 Å². The Labute approximate surface area is 315 Å². The lowest BCUT2D eigenvalue weighted by Crippen LogP contribution is -2.56. The Morgan fingerprint density at radius 1 is 0.836 bits per heavy atom. The highest BCUT2D eigenvalue weighted by Crippen LogP contribution is 2.07.